The summed E-state index contributed by atoms with van der Waals surface area (Å²) in [7, 11) is 0. The molecule has 0 fully saturated rings. The molecule has 120 valence electrons. The molecule has 0 saturated carbocycles. The Morgan fingerprint density at radius 2 is 1.70 bits per heavy atom. The molecular formula is C18H19NO4. The van der Waals surface area contributed by atoms with Gasteiger partial charge in [-0.2, -0.15) is 0 Å². The zero-order valence-corrected chi connectivity index (χ0v) is 13.3. The number of ether oxygens (including phenoxy) is 1. The van der Waals surface area contributed by atoms with E-state index >= 15 is 0 Å². The number of carbonyl (C=O) groups is 2. The second kappa shape index (κ2) is 6.52. The Morgan fingerprint density at radius 3 is 2.26 bits per heavy atom. The van der Waals surface area contributed by atoms with Crippen molar-refractivity contribution in [2.24, 2.45) is 0 Å². The van der Waals surface area contributed by atoms with Crippen LogP contribution in [0, 0.1) is 0 Å². The Bertz CT molecular complexity index is 718. The number of hydrogen-bond acceptors (Lipinski definition) is 3. The molecule has 0 radical (unpaired) electrons. The number of amides is 1. The summed E-state index contributed by atoms with van der Waals surface area (Å²) < 4.78 is 5.16. The van der Waals surface area contributed by atoms with E-state index in [1.807, 2.05) is 30.3 Å². The van der Waals surface area contributed by atoms with Gasteiger partial charge in [-0.15, -0.1) is 0 Å². The summed E-state index contributed by atoms with van der Waals surface area (Å²) in [5.74, 6) is -1.06. The molecule has 2 N–H and O–H groups in total. The van der Waals surface area contributed by atoms with Crippen LogP contribution in [0.15, 0.2) is 48.5 Å². The van der Waals surface area contributed by atoms with Gasteiger partial charge in [0.15, 0.2) is 0 Å². The molecule has 0 aliphatic carbocycles. The molecule has 0 aromatic heterocycles. The van der Waals surface area contributed by atoms with Crippen LogP contribution in [-0.4, -0.2) is 22.8 Å². The average molecular weight is 313 g/mol. The van der Waals surface area contributed by atoms with E-state index in [0.717, 1.165) is 5.56 Å². The lowest BCUT2D eigenvalue weighted by Gasteiger charge is -2.20. The largest absolute Gasteiger partial charge is 0.478 e. The second-order valence-corrected chi connectivity index (χ2v) is 6.06. The number of carboxylic acid groups (broad SMARTS) is 1. The van der Waals surface area contributed by atoms with Gasteiger partial charge in [0.2, 0.25) is 0 Å². The fraction of sp³-hybridized carbons (Fsp3) is 0.222. The van der Waals surface area contributed by atoms with Crippen LogP contribution in [0.3, 0.4) is 0 Å². The normalized spacial score (nSPS) is 10.9. The van der Waals surface area contributed by atoms with Gasteiger partial charge < -0.3 is 9.84 Å². The van der Waals surface area contributed by atoms with Crippen LogP contribution < -0.4 is 5.32 Å². The number of nitrogens with one attached hydrogen (secondary N) is 1. The first-order valence-electron chi connectivity index (χ1n) is 7.19. The highest BCUT2D eigenvalue weighted by Gasteiger charge is 2.18. The zero-order chi connectivity index (χ0) is 17.0. The van der Waals surface area contributed by atoms with Crippen LogP contribution in [0.25, 0.3) is 11.1 Å². The molecule has 5 heteroatoms. The highest BCUT2D eigenvalue weighted by molar-refractivity contribution is 5.98. The maximum absolute atomic E-state index is 11.8. The van der Waals surface area contributed by atoms with Gasteiger partial charge in [-0.25, -0.2) is 9.59 Å². The minimum absolute atomic E-state index is 0.116. The van der Waals surface area contributed by atoms with Crippen LogP contribution >= 0.6 is 0 Å². The molecule has 0 aliphatic rings. The molecule has 2 rings (SSSR count). The highest BCUT2D eigenvalue weighted by Crippen LogP contribution is 2.26. The first-order chi connectivity index (χ1) is 10.8. The quantitative estimate of drug-likeness (QED) is 0.880. The molecule has 0 saturated heterocycles. The maximum Gasteiger partial charge on any atom is 0.412 e. The lowest BCUT2D eigenvalue weighted by molar-refractivity contribution is 0.0633. The molecule has 0 atom stereocenters. The van der Waals surface area contributed by atoms with E-state index in [2.05, 4.69) is 5.32 Å². The third kappa shape index (κ3) is 4.57. The van der Waals surface area contributed by atoms with Gasteiger partial charge in [-0.05, 0) is 44.0 Å². The summed E-state index contributed by atoms with van der Waals surface area (Å²) in [5.41, 5.74) is 1.26. The first kappa shape index (κ1) is 16.5. The number of rotatable bonds is 3. The Hall–Kier alpha value is -2.82. The average Bonchev–Trinajstić information content (AvgIpc) is 2.46. The van der Waals surface area contributed by atoms with Crippen molar-refractivity contribution < 1.29 is 19.4 Å². The Morgan fingerprint density at radius 1 is 1.04 bits per heavy atom. The monoisotopic (exact) mass is 313 g/mol. The van der Waals surface area contributed by atoms with E-state index in [-0.39, 0.29) is 5.56 Å². The summed E-state index contributed by atoms with van der Waals surface area (Å²) in [6, 6.07) is 14.0. The molecule has 5 nitrogen and oxygen atoms in total. The number of carboxylic acids is 1. The van der Waals surface area contributed by atoms with Gasteiger partial charge in [-0.3, -0.25) is 5.32 Å². The van der Waals surface area contributed by atoms with E-state index in [0.29, 0.717) is 11.3 Å². The maximum atomic E-state index is 11.8. The number of benzene rings is 2. The van der Waals surface area contributed by atoms with Crippen molar-refractivity contribution in [3.05, 3.63) is 54.1 Å². The van der Waals surface area contributed by atoms with Crippen molar-refractivity contribution in [3.8, 4) is 11.1 Å². The molecule has 23 heavy (non-hydrogen) atoms. The number of carbonyl (C=O) groups excluding carboxylic acids is 1. The first-order valence-corrected chi connectivity index (χ1v) is 7.19. The lowest BCUT2D eigenvalue weighted by Crippen LogP contribution is -2.27. The van der Waals surface area contributed by atoms with Gasteiger partial charge in [0.05, 0.1) is 5.56 Å². The number of anilines is 1. The molecule has 2 aromatic carbocycles. The van der Waals surface area contributed by atoms with Crippen molar-refractivity contribution in [2.75, 3.05) is 5.32 Å². The predicted molar refractivity (Wildman–Crippen MR) is 88.7 cm³/mol. The van der Waals surface area contributed by atoms with Gasteiger partial charge in [0.1, 0.15) is 5.60 Å². The topological polar surface area (TPSA) is 75.6 Å². The van der Waals surface area contributed by atoms with Crippen molar-refractivity contribution in [1.29, 1.82) is 0 Å². The van der Waals surface area contributed by atoms with Crippen LogP contribution in [0.1, 0.15) is 31.1 Å². The molecular weight excluding hydrogens is 294 g/mol. The summed E-state index contributed by atoms with van der Waals surface area (Å²) in [5, 5.41) is 12.0. The van der Waals surface area contributed by atoms with Crippen molar-refractivity contribution in [3.63, 3.8) is 0 Å². The van der Waals surface area contributed by atoms with E-state index in [9.17, 15) is 14.7 Å². The SMILES string of the molecule is CC(C)(C)OC(=O)Nc1ccc(-c2ccccc2)c(C(=O)O)c1. The fourth-order valence-corrected chi connectivity index (χ4v) is 2.09. The van der Waals surface area contributed by atoms with Crippen LogP contribution in [0.5, 0.6) is 0 Å². The minimum Gasteiger partial charge on any atom is -0.478 e. The molecule has 0 heterocycles. The smallest absolute Gasteiger partial charge is 0.412 e. The van der Waals surface area contributed by atoms with Gasteiger partial charge in [-0.1, -0.05) is 36.4 Å². The molecule has 0 bridgehead atoms. The molecule has 1 amide bonds. The Labute approximate surface area is 134 Å². The number of aromatic carboxylic acids is 1. The van der Waals surface area contributed by atoms with Crippen molar-refractivity contribution in [1.82, 2.24) is 0 Å². The van der Waals surface area contributed by atoms with Gasteiger partial charge >= 0.3 is 12.1 Å². The summed E-state index contributed by atoms with van der Waals surface area (Å²) in [4.78, 5) is 23.3. The molecule has 0 spiro atoms. The summed E-state index contributed by atoms with van der Waals surface area (Å²) >= 11 is 0. The predicted octanol–water partition coefficient (Wildman–Crippen LogP) is 4.40. The molecule has 0 unspecified atom stereocenters. The zero-order valence-electron chi connectivity index (χ0n) is 13.3. The van der Waals surface area contributed by atoms with Gasteiger partial charge in [0.25, 0.3) is 0 Å². The third-order valence-corrected chi connectivity index (χ3v) is 2.98. The van der Waals surface area contributed by atoms with Crippen molar-refractivity contribution in [2.45, 2.75) is 26.4 Å². The van der Waals surface area contributed by atoms with Crippen LogP contribution in [-0.2, 0) is 4.74 Å². The van der Waals surface area contributed by atoms with Crippen LogP contribution in [0.2, 0.25) is 0 Å². The van der Waals surface area contributed by atoms with Crippen LogP contribution in [0.4, 0.5) is 10.5 Å². The Balaban J connectivity index is 2.30. The number of hydrogen-bond donors (Lipinski definition) is 2. The van der Waals surface area contributed by atoms with E-state index in [4.69, 9.17) is 4.74 Å². The second-order valence-electron chi connectivity index (χ2n) is 6.06. The summed E-state index contributed by atoms with van der Waals surface area (Å²) in [6.07, 6.45) is -0.624. The third-order valence-electron chi connectivity index (χ3n) is 2.98. The van der Waals surface area contributed by atoms with E-state index in [1.165, 1.54) is 6.07 Å². The standard InChI is InChI=1S/C18H19NO4/c1-18(2,3)23-17(22)19-13-9-10-14(15(11-13)16(20)21)12-7-5-4-6-8-12/h4-11H,1-3H3,(H,19,22)(H,20,21). The van der Waals surface area contributed by atoms with Crippen molar-refractivity contribution >= 4 is 17.7 Å². The van der Waals surface area contributed by atoms with Gasteiger partial charge in [0, 0.05) is 5.69 Å². The minimum atomic E-state index is -1.06. The molecule has 0 aliphatic heterocycles. The lowest BCUT2D eigenvalue weighted by atomic mass is 9.99. The summed E-state index contributed by atoms with van der Waals surface area (Å²) in [6.45, 7) is 5.27. The Kier molecular flexibility index (Phi) is 4.69. The molecule has 2 aromatic rings. The van der Waals surface area contributed by atoms with E-state index < -0.39 is 17.7 Å². The highest BCUT2D eigenvalue weighted by atomic mass is 16.6. The van der Waals surface area contributed by atoms with E-state index in [1.54, 1.807) is 32.9 Å². The fourth-order valence-electron chi connectivity index (χ4n) is 2.09.